The van der Waals surface area contributed by atoms with Gasteiger partial charge in [-0.15, -0.1) is 24.0 Å². The van der Waals surface area contributed by atoms with Crippen LogP contribution in [0.25, 0.3) is 0 Å². The number of hydrogen-bond donors (Lipinski definition) is 1. The van der Waals surface area contributed by atoms with E-state index in [1.54, 1.807) is 21.2 Å². The van der Waals surface area contributed by atoms with E-state index in [-0.39, 0.29) is 42.3 Å². The first-order valence-electron chi connectivity index (χ1n) is 9.81. The minimum atomic E-state index is -0.0409. The lowest BCUT2D eigenvalue weighted by Gasteiger charge is -2.37. The van der Waals surface area contributed by atoms with Gasteiger partial charge in [0.15, 0.2) is 5.96 Å². The van der Waals surface area contributed by atoms with Crippen LogP contribution in [-0.4, -0.2) is 137 Å². The van der Waals surface area contributed by atoms with Crippen LogP contribution in [0, 0.1) is 0 Å². The second kappa shape index (κ2) is 13.9. The maximum atomic E-state index is 12.4. The molecule has 2 heterocycles. The van der Waals surface area contributed by atoms with Crippen LogP contribution in [0.3, 0.4) is 0 Å². The topological polar surface area (TPSA) is 90.0 Å². The predicted molar refractivity (Wildman–Crippen MR) is 122 cm³/mol. The van der Waals surface area contributed by atoms with Gasteiger partial charge in [-0.2, -0.15) is 0 Å². The van der Waals surface area contributed by atoms with Crippen LogP contribution in [-0.2, 0) is 19.1 Å². The zero-order valence-electron chi connectivity index (χ0n) is 17.8. The summed E-state index contributed by atoms with van der Waals surface area (Å²) in [6.07, 6.45) is 0. The number of halogens is 1. The number of carbonyl (C=O) groups is 2. The van der Waals surface area contributed by atoms with Gasteiger partial charge in [-0.1, -0.05) is 0 Å². The van der Waals surface area contributed by atoms with Gasteiger partial charge in [-0.25, -0.2) is 4.99 Å². The highest BCUT2D eigenvalue weighted by atomic mass is 127. The minimum Gasteiger partial charge on any atom is -0.383 e. The van der Waals surface area contributed by atoms with E-state index in [0.29, 0.717) is 52.0 Å². The van der Waals surface area contributed by atoms with Crippen LogP contribution in [0.5, 0.6) is 0 Å². The van der Waals surface area contributed by atoms with Crippen molar-refractivity contribution in [1.82, 2.24) is 24.9 Å². The molecule has 2 saturated heterocycles. The molecule has 0 atom stereocenters. The number of carbonyl (C=O) groups excluding carboxylic acids is 2. The van der Waals surface area contributed by atoms with Gasteiger partial charge in [-0.3, -0.25) is 14.5 Å². The van der Waals surface area contributed by atoms with Crippen LogP contribution in [0.2, 0.25) is 0 Å². The van der Waals surface area contributed by atoms with Crippen LogP contribution in [0.1, 0.15) is 0 Å². The van der Waals surface area contributed by atoms with Gasteiger partial charge in [0.05, 0.1) is 26.4 Å². The van der Waals surface area contributed by atoms with Crippen molar-refractivity contribution in [2.24, 2.45) is 4.99 Å². The molecule has 0 unspecified atom stereocenters. The number of ether oxygens (including phenoxy) is 2. The third kappa shape index (κ3) is 9.01. The lowest BCUT2D eigenvalue weighted by Crippen LogP contribution is -2.55. The molecule has 10 nitrogen and oxygen atoms in total. The Kier molecular flexibility index (Phi) is 12.4. The summed E-state index contributed by atoms with van der Waals surface area (Å²) >= 11 is 0. The Morgan fingerprint density at radius 1 is 1.07 bits per heavy atom. The van der Waals surface area contributed by atoms with Gasteiger partial charge in [0.2, 0.25) is 11.8 Å². The Morgan fingerprint density at radius 2 is 1.72 bits per heavy atom. The Bertz CT molecular complexity index is 534. The normalized spacial score (nSPS) is 18.2. The maximum absolute atomic E-state index is 12.4. The summed E-state index contributed by atoms with van der Waals surface area (Å²) in [5.41, 5.74) is 0. The molecule has 168 valence electrons. The monoisotopic (exact) mass is 526 g/mol. The van der Waals surface area contributed by atoms with Crippen LogP contribution in [0.4, 0.5) is 0 Å². The summed E-state index contributed by atoms with van der Waals surface area (Å²) in [5.74, 6) is 0.840. The molecule has 0 aromatic carbocycles. The van der Waals surface area contributed by atoms with E-state index in [0.717, 1.165) is 26.2 Å². The summed E-state index contributed by atoms with van der Waals surface area (Å²) in [7, 11) is 5.10. The number of aliphatic imine (C=N–C) groups is 1. The largest absolute Gasteiger partial charge is 0.383 e. The van der Waals surface area contributed by atoms with Gasteiger partial charge >= 0.3 is 0 Å². The van der Waals surface area contributed by atoms with E-state index >= 15 is 0 Å². The molecular weight excluding hydrogens is 491 g/mol. The van der Waals surface area contributed by atoms with Crippen molar-refractivity contribution in [2.75, 3.05) is 99.9 Å². The number of hydrogen-bond acceptors (Lipinski definition) is 6. The fourth-order valence-electron chi connectivity index (χ4n) is 3.04. The van der Waals surface area contributed by atoms with Crippen LogP contribution >= 0.6 is 24.0 Å². The van der Waals surface area contributed by atoms with E-state index in [4.69, 9.17) is 9.47 Å². The highest BCUT2D eigenvalue weighted by Gasteiger charge is 2.24. The zero-order valence-corrected chi connectivity index (χ0v) is 20.1. The zero-order chi connectivity index (χ0) is 20.4. The molecule has 0 radical (unpaired) electrons. The Morgan fingerprint density at radius 3 is 2.31 bits per heavy atom. The minimum absolute atomic E-state index is 0. The number of morpholine rings is 1. The summed E-state index contributed by atoms with van der Waals surface area (Å²) in [6, 6.07) is 0. The summed E-state index contributed by atoms with van der Waals surface area (Å²) in [6.45, 7) is 7.42. The molecule has 2 amide bonds. The van der Waals surface area contributed by atoms with Gasteiger partial charge < -0.3 is 29.5 Å². The number of rotatable bonds is 7. The van der Waals surface area contributed by atoms with Crippen molar-refractivity contribution in [3.8, 4) is 0 Å². The Labute approximate surface area is 190 Å². The quantitative estimate of drug-likeness (QED) is 0.192. The third-order valence-electron chi connectivity index (χ3n) is 4.85. The third-order valence-corrected chi connectivity index (χ3v) is 4.85. The molecule has 0 saturated carbocycles. The number of guanidine groups is 1. The van der Waals surface area contributed by atoms with Gasteiger partial charge in [0, 0.05) is 67.0 Å². The molecular formula is C18H35IN6O4. The molecule has 0 bridgehead atoms. The maximum Gasteiger partial charge on any atom is 0.243 e. The first-order valence-corrected chi connectivity index (χ1v) is 9.81. The van der Waals surface area contributed by atoms with Crippen molar-refractivity contribution >= 4 is 41.8 Å². The molecule has 2 rings (SSSR count). The number of piperazine rings is 1. The second-order valence-corrected chi connectivity index (χ2v) is 7.10. The smallest absolute Gasteiger partial charge is 0.243 e. The molecule has 0 spiro atoms. The highest BCUT2D eigenvalue weighted by molar-refractivity contribution is 14.0. The molecule has 1 N–H and O–H groups in total. The summed E-state index contributed by atoms with van der Waals surface area (Å²) < 4.78 is 10.4. The summed E-state index contributed by atoms with van der Waals surface area (Å²) in [5, 5.41) is 3.26. The average molecular weight is 526 g/mol. The average Bonchev–Trinajstić information content (AvgIpc) is 2.71. The lowest BCUT2D eigenvalue weighted by atomic mass is 10.3. The second-order valence-electron chi connectivity index (χ2n) is 7.10. The number of nitrogens with zero attached hydrogens (tertiary/aromatic N) is 5. The van der Waals surface area contributed by atoms with Crippen LogP contribution < -0.4 is 5.32 Å². The summed E-state index contributed by atoms with van der Waals surface area (Å²) in [4.78, 5) is 36.5. The molecule has 29 heavy (non-hydrogen) atoms. The Hall–Kier alpha value is -1.18. The fourth-order valence-corrected chi connectivity index (χ4v) is 3.04. The number of amides is 2. The van der Waals surface area contributed by atoms with E-state index in [1.807, 2.05) is 4.90 Å². The molecule has 0 aliphatic carbocycles. The van der Waals surface area contributed by atoms with Crippen LogP contribution in [0.15, 0.2) is 4.99 Å². The van der Waals surface area contributed by atoms with E-state index in [2.05, 4.69) is 20.1 Å². The first-order chi connectivity index (χ1) is 13.5. The molecule has 11 heteroatoms. The standard InChI is InChI=1S/C18H34N6O4.HI/c1-21(2)16(25)14-20-18(19-4-11-27-3)24-7-5-22(6-8-24)15-17(26)23-9-12-28-13-10-23;/h4-15H2,1-3H3,(H,19,20);1H. The van der Waals surface area contributed by atoms with Crippen molar-refractivity contribution in [3.63, 3.8) is 0 Å². The van der Waals surface area contributed by atoms with Crippen molar-refractivity contribution in [2.45, 2.75) is 0 Å². The molecule has 2 fully saturated rings. The molecule has 2 aliphatic rings. The van der Waals surface area contributed by atoms with Crippen molar-refractivity contribution in [1.29, 1.82) is 0 Å². The van der Waals surface area contributed by atoms with E-state index in [9.17, 15) is 9.59 Å². The van der Waals surface area contributed by atoms with E-state index < -0.39 is 0 Å². The highest BCUT2D eigenvalue weighted by Crippen LogP contribution is 2.05. The lowest BCUT2D eigenvalue weighted by molar-refractivity contribution is -0.136. The van der Waals surface area contributed by atoms with Gasteiger partial charge in [-0.05, 0) is 0 Å². The molecule has 2 aliphatic heterocycles. The van der Waals surface area contributed by atoms with Gasteiger partial charge in [0.25, 0.3) is 0 Å². The number of nitrogens with one attached hydrogen (secondary N) is 1. The van der Waals surface area contributed by atoms with E-state index in [1.165, 1.54) is 4.90 Å². The SMILES string of the molecule is COCCNC(=NCC(=O)N(C)C)N1CCN(CC(=O)N2CCOCC2)CC1.I. The predicted octanol–water partition coefficient (Wildman–Crippen LogP) is -1.24. The van der Waals surface area contributed by atoms with Crippen molar-refractivity contribution < 1.29 is 19.1 Å². The molecule has 0 aromatic rings. The van der Waals surface area contributed by atoms with Gasteiger partial charge in [0.1, 0.15) is 6.54 Å². The number of methoxy groups -OCH3 is 1. The Balaban J connectivity index is 0.00000420. The molecule has 0 aromatic heterocycles. The first kappa shape index (κ1) is 25.9. The van der Waals surface area contributed by atoms with Crippen molar-refractivity contribution in [3.05, 3.63) is 0 Å². The fraction of sp³-hybridized carbons (Fsp3) is 0.833. The number of likely N-dealkylation sites (N-methyl/N-ethyl adjacent to an activating group) is 1.